The minimum absolute atomic E-state index is 0.659. The maximum atomic E-state index is 9.73. The Kier molecular flexibility index (Phi) is 6.02. The van der Waals surface area contributed by atoms with Crippen molar-refractivity contribution >= 4 is 76.1 Å². The van der Waals surface area contributed by atoms with Gasteiger partial charge in [-0.25, -0.2) is 0 Å². The summed E-state index contributed by atoms with van der Waals surface area (Å²) in [5.41, 5.74) is 10.3. The SMILES string of the molecule is N#Cc1ccc2c(c1)c1cc(-c3ccc4cc(-c5cc6ccccc6c6c5oc5ccc7ccccc7c56)ccc4c3)ccc1n2-c1ccccc1. The lowest BCUT2D eigenvalue weighted by Gasteiger charge is -2.10. The summed E-state index contributed by atoms with van der Waals surface area (Å²) < 4.78 is 9.02. The number of nitrogens with zero attached hydrogens (tertiary/aromatic N) is 2. The molecule has 11 rings (SSSR count). The van der Waals surface area contributed by atoms with Gasteiger partial charge in [0.2, 0.25) is 0 Å². The molecule has 9 aromatic carbocycles. The zero-order valence-electron chi connectivity index (χ0n) is 28.0. The third-order valence-corrected chi connectivity index (χ3v) is 10.7. The first-order valence-electron chi connectivity index (χ1n) is 17.6. The van der Waals surface area contributed by atoms with Crippen molar-refractivity contribution in [3.63, 3.8) is 0 Å². The smallest absolute Gasteiger partial charge is 0.143 e. The number of aromatic nitrogens is 1. The van der Waals surface area contributed by atoms with Crippen LogP contribution in [0.4, 0.5) is 0 Å². The van der Waals surface area contributed by atoms with Crippen LogP contribution in [0, 0.1) is 11.3 Å². The number of nitriles is 1. The molecule has 0 atom stereocenters. The van der Waals surface area contributed by atoms with E-state index in [0.717, 1.165) is 60.9 Å². The van der Waals surface area contributed by atoms with E-state index >= 15 is 0 Å². The molecule has 0 bridgehead atoms. The van der Waals surface area contributed by atoms with Crippen molar-refractivity contribution in [2.45, 2.75) is 0 Å². The van der Waals surface area contributed by atoms with Gasteiger partial charge in [0.1, 0.15) is 11.2 Å². The average Bonchev–Trinajstić information content (AvgIpc) is 3.77. The second-order valence-electron chi connectivity index (χ2n) is 13.6. The fourth-order valence-corrected chi connectivity index (χ4v) is 8.32. The van der Waals surface area contributed by atoms with Crippen molar-refractivity contribution in [3.05, 3.63) is 175 Å². The van der Waals surface area contributed by atoms with Crippen molar-refractivity contribution in [1.82, 2.24) is 4.57 Å². The topological polar surface area (TPSA) is 41.9 Å². The first-order valence-corrected chi connectivity index (χ1v) is 17.6. The Morgan fingerprint density at radius 1 is 0.442 bits per heavy atom. The largest absolute Gasteiger partial charge is 0.455 e. The molecule has 0 aliphatic carbocycles. The monoisotopic (exact) mass is 660 g/mol. The Morgan fingerprint density at radius 3 is 1.87 bits per heavy atom. The standard InChI is InChI=1S/C49H28N2O/c50-29-30-14-21-44-42(24-30)43-27-35(19-22-45(43)51(44)38-10-2-1-3-11-38)33-15-16-34-26-37(18-17-32(34)25-33)41-28-36-9-5-7-13-40(36)48-47-39-12-6-4-8-31(39)20-23-46(47)52-49(41)48/h1-28H. The predicted octanol–water partition coefficient (Wildman–Crippen LogP) is 13.3. The molecular weight excluding hydrogens is 633 g/mol. The molecule has 0 N–H and O–H groups in total. The Morgan fingerprint density at radius 2 is 1.06 bits per heavy atom. The van der Waals surface area contributed by atoms with Gasteiger partial charge >= 0.3 is 0 Å². The average molecular weight is 661 g/mol. The Balaban J connectivity index is 1.07. The highest BCUT2D eigenvalue weighted by atomic mass is 16.3. The van der Waals surface area contributed by atoms with E-state index in [1.807, 2.05) is 18.2 Å². The quantitative estimate of drug-likeness (QED) is 0.189. The summed E-state index contributed by atoms with van der Waals surface area (Å²) in [6.45, 7) is 0. The normalized spacial score (nSPS) is 11.8. The number of furan rings is 1. The summed E-state index contributed by atoms with van der Waals surface area (Å²) in [5, 5.41) is 21.4. The first kappa shape index (κ1) is 28.7. The van der Waals surface area contributed by atoms with Crippen molar-refractivity contribution in [1.29, 1.82) is 5.26 Å². The molecule has 3 heteroatoms. The molecule has 0 spiro atoms. The van der Waals surface area contributed by atoms with Crippen molar-refractivity contribution in [3.8, 4) is 34.0 Å². The molecule has 0 aliphatic rings. The summed E-state index contributed by atoms with van der Waals surface area (Å²) in [5.74, 6) is 0. The predicted molar refractivity (Wildman–Crippen MR) is 216 cm³/mol. The van der Waals surface area contributed by atoms with Crippen LogP contribution < -0.4 is 0 Å². The fraction of sp³-hybridized carbons (Fsp3) is 0. The highest BCUT2D eigenvalue weighted by Crippen LogP contribution is 2.44. The van der Waals surface area contributed by atoms with Crippen molar-refractivity contribution in [2.75, 3.05) is 0 Å². The highest BCUT2D eigenvalue weighted by Gasteiger charge is 2.19. The number of hydrogen-bond acceptors (Lipinski definition) is 2. The lowest BCUT2D eigenvalue weighted by atomic mass is 9.93. The zero-order chi connectivity index (χ0) is 34.3. The summed E-state index contributed by atoms with van der Waals surface area (Å²) in [7, 11) is 0. The summed E-state index contributed by atoms with van der Waals surface area (Å²) in [6, 6.07) is 62.6. The third kappa shape index (κ3) is 4.19. The van der Waals surface area contributed by atoms with Crippen LogP contribution in [0.1, 0.15) is 5.56 Å². The van der Waals surface area contributed by atoms with E-state index in [2.05, 4.69) is 162 Å². The molecule has 3 nitrogen and oxygen atoms in total. The van der Waals surface area contributed by atoms with Gasteiger partial charge in [-0.15, -0.1) is 0 Å². The van der Waals surface area contributed by atoms with Gasteiger partial charge in [0, 0.05) is 32.8 Å². The number of hydrogen-bond donors (Lipinski definition) is 0. The van der Waals surface area contributed by atoms with Crippen LogP contribution in [0.15, 0.2) is 174 Å². The van der Waals surface area contributed by atoms with Gasteiger partial charge in [-0.2, -0.15) is 5.26 Å². The Hall–Kier alpha value is -7.15. The van der Waals surface area contributed by atoms with Gasteiger partial charge in [0.25, 0.3) is 0 Å². The highest BCUT2D eigenvalue weighted by molar-refractivity contribution is 6.28. The van der Waals surface area contributed by atoms with Crippen molar-refractivity contribution < 1.29 is 4.42 Å². The maximum Gasteiger partial charge on any atom is 0.143 e. The molecule has 0 radical (unpaired) electrons. The van der Waals surface area contributed by atoms with E-state index in [4.69, 9.17) is 4.42 Å². The van der Waals surface area contributed by atoms with E-state index in [-0.39, 0.29) is 0 Å². The number of fused-ring (bicyclic) bond motifs is 11. The van der Waals surface area contributed by atoms with Gasteiger partial charge in [0.05, 0.1) is 22.7 Å². The molecule has 0 fully saturated rings. The fourth-order valence-electron chi connectivity index (χ4n) is 8.32. The van der Waals surface area contributed by atoms with Crippen LogP contribution in [0.3, 0.4) is 0 Å². The van der Waals surface area contributed by atoms with E-state index < -0.39 is 0 Å². The molecule has 0 aliphatic heterocycles. The van der Waals surface area contributed by atoms with E-state index in [1.54, 1.807) is 0 Å². The van der Waals surface area contributed by atoms with E-state index in [1.165, 1.54) is 43.1 Å². The number of para-hydroxylation sites is 1. The molecule has 52 heavy (non-hydrogen) atoms. The molecular formula is C49H28N2O. The summed E-state index contributed by atoms with van der Waals surface area (Å²) >= 11 is 0. The van der Waals surface area contributed by atoms with Gasteiger partial charge in [-0.1, -0.05) is 103 Å². The molecule has 0 saturated heterocycles. The number of rotatable bonds is 3. The minimum atomic E-state index is 0.659. The second kappa shape index (κ2) is 10.9. The van der Waals surface area contributed by atoms with Gasteiger partial charge < -0.3 is 8.98 Å². The first-order chi connectivity index (χ1) is 25.7. The Labute approximate surface area is 298 Å². The zero-order valence-corrected chi connectivity index (χ0v) is 28.0. The van der Waals surface area contributed by atoms with Crippen LogP contribution in [-0.2, 0) is 0 Å². The Bertz CT molecular complexity index is 3300. The molecule has 2 aromatic heterocycles. The third-order valence-electron chi connectivity index (χ3n) is 10.7. The molecule has 11 aromatic rings. The second-order valence-corrected chi connectivity index (χ2v) is 13.6. The van der Waals surface area contributed by atoms with Crippen LogP contribution >= 0.6 is 0 Å². The maximum absolute atomic E-state index is 9.73. The van der Waals surface area contributed by atoms with Crippen LogP contribution in [0.2, 0.25) is 0 Å². The van der Waals surface area contributed by atoms with Crippen LogP contribution in [0.25, 0.3) is 104 Å². The van der Waals surface area contributed by atoms with E-state index in [9.17, 15) is 5.26 Å². The molecule has 0 amide bonds. The van der Waals surface area contributed by atoms with Crippen molar-refractivity contribution in [2.24, 2.45) is 0 Å². The van der Waals surface area contributed by atoms with E-state index in [0.29, 0.717) is 5.56 Å². The minimum Gasteiger partial charge on any atom is -0.455 e. The molecule has 2 heterocycles. The van der Waals surface area contributed by atoms with Crippen LogP contribution in [-0.4, -0.2) is 4.57 Å². The van der Waals surface area contributed by atoms with Gasteiger partial charge in [-0.05, 0) is 116 Å². The van der Waals surface area contributed by atoms with Crippen LogP contribution in [0.5, 0.6) is 0 Å². The number of benzene rings is 9. The molecule has 0 unspecified atom stereocenters. The van der Waals surface area contributed by atoms with Gasteiger partial charge in [0.15, 0.2) is 0 Å². The lowest BCUT2D eigenvalue weighted by molar-refractivity contribution is 0.670. The molecule has 240 valence electrons. The molecule has 0 saturated carbocycles. The van der Waals surface area contributed by atoms with Gasteiger partial charge in [-0.3, -0.25) is 0 Å². The lowest BCUT2D eigenvalue weighted by Crippen LogP contribution is -1.93. The summed E-state index contributed by atoms with van der Waals surface area (Å²) in [4.78, 5) is 0. The summed E-state index contributed by atoms with van der Waals surface area (Å²) in [6.07, 6.45) is 0.